The molecule has 1 aromatic rings. The number of carbonyl (C=O) groups is 1. The number of rotatable bonds is 3. The first kappa shape index (κ1) is 9.77. The van der Waals surface area contributed by atoms with E-state index in [9.17, 15) is 4.79 Å². The number of aromatic nitrogens is 2. The Morgan fingerprint density at radius 1 is 1.69 bits per heavy atom. The lowest BCUT2D eigenvalue weighted by Crippen LogP contribution is -2.29. The number of hydrogen-bond acceptors (Lipinski definition) is 2. The van der Waals surface area contributed by atoms with Gasteiger partial charge in [0.1, 0.15) is 0 Å². The highest BCUT2D eigenvalue weighted by Crippen LogP contribution is 1.97. The zero-order valence-electron chi connectivity index (χ0n) is 8.24. The van der Waals surface area contributed by atoms with E-state index in [0.29, 0.717) is 5.56 Å². The van der Waals surface area contributed by atoms with E-state index in [2.05, 4.69) is 10.4 Å². The second kappa shape index (κ2) is 4.07. The molecular weight excluding hydrogens is 166 g/mol. The van der Waals surface area contributed by atoms with Crippen LogP contribution in [0.15, 0.2) is 12.4 Å². The van der Waals surface area contributed by atoms with Crippen molar-refractivity contribution in [3.8, 4) is 0 Å². The van der Waals surface area contributed by atoms with Crippen molar-refractivity contribution in [2.24, 2.45) is 0 Å². The highest BCUT2D eigenvalue weighted by Gasteiger charge is 2.08. The SMILES string of the molecule is CCn1cc(C(=O)NC(C)C)cn1. The number of carbonyl (C=O) groups excluding carboxylic acids is 1. The Hall–Kier alpha value is -1.32. The van der Waals surface area contributed by atoms with Gasteiger partial charge < -0.3 is 5.32 Å². The molecule has 0 saturated carbocycles. The lowest BCUT2D eigenvalue weighted by Gasteiger charge is -2.05. The average molecular weight is 181 g/mol. The lowest BCUT2D eigenvalue weighted by atomic mass is 10.3. The van der Waals surface area contributed by atoms with E-state index >= 15 is 0 Å². The Bertz CT molecular complexity index is 291. The van der Waals surface area contributed by atoms with Gasteiger partial charge in [0.2, 0.25) is 0 Å². The molecule has 0 atom stereocenters. The maximum atomic E-state index is 11.4. The van der Waals surface area contributed by atoms with E-state index in [1.807, 2.05) is 20.8 Å². The summed E-state index contributed by atoms with van der Waals surface area (Å²) in [5.74, 6) is -0.0605. The van der Waals surface area contributed by atoms with E-state index < -0.39 is 0 Å². The zero-order chi connectivity index (χ0) is 9.84. The summed E-state index contributed by atoms with van der Waals surface area (Å²) in [6.07, 6.45) is 3.33. The molecule has 0 bridgehead atoms. The van der Waals surface area contributed by atoms with Gasteiger partial charge in [-0.2, -0.15) is 5.10 Å². The minimum atomic E-state index is -0.0605. The molecule has 0 aliphatic rings. The second-order valence-corrected chi connectivity index (χ2v) is 3.21. The van der Waals surface area contributed by atoms with Gasteiger partial charge in [0.15, 0.2) is 0 Å². The monoisotopic (exact) mass is 181 g/mol. The van der Waals surface area contributed by atoms with Gasteiger partial charge in [0.05, 0.1) is 11.8 Å². The lowest BCUT2D eigenvalue weighted by molar-refractivity contribution is 0.0943. The van der Waals surface area contributed by atoms with Crippen LogP contribution in [0, 0.1) is 0 Å². The number of nitrogens with one attached hydrogen (secondary N) is 1. The third-order valence-electron chi connectivity index (χ3n) is 1.64. The molecule has 72 valence electrons. The minimum absolute atomic E-state index is 0.0605. The van der Waals surface area contributed by atoms with Crippen molar-refractivity contribution >= 4 is 5.91 Å². The molecule has 1 N–H and O–H groups in total. The maximum Gasteiger partial charge on any atom is 0.254 e. The largest absolute Gasteiger partial charge is 0.350 e. The summed E-state index contributed by atoms with van der Waals surface area (Å²) in [6, 6.07) is 0.164. The second-order valence-electron chi connectivity index (χ2n) is 3.21. The van der Waals surface area contributed by atoms with Gasteiger partial charge in [0.25, 0.3) is 5.91 Å². The van der Waals surface area contributed by atoms with Gasteiger partial charge in [-0.1, -0.05) is 0 Å². The Kier molecular flexibility index (Phi) is 3.06. The van der Waals surface area contributed by atoms with Crippen LogP contribution in [-0.4, -0.2) is 21.7 Å². The quantitative estimate of drug-likeness (QED) is 0.757. The number of amides is 1. The van der Waals surface area contributed by atoms with Crippen LogP contribution in [0.4, 0.5) is 0 Å². The van der Waals surface area contributed by atoms with E-state index in [4.69, 9.17) is 0 Å². The molecule has 0 radical (unpaired) electrons. The Balaban J connectivity index is 2.66. The molecule has 1 aromatic heterocycles. The van der Waals surface area contributed by atoms with Crippen LogP contribution in [0.1, 0.15) is 31.1 Å². The van der Waals surface area contributed by atoms with Gasteiger partial charge in [-0.25, -0.2) is 0 Å². The summed E-state index contributed by atoms with van der Waals surface area (Å²) >= 11 is 0. The summed E-state index contributed by atoms with van der Waals surface area (Å²) in [4.78, 5) is 11.4. The molecule has 0 aliphatic heterocycles. The predicted molar refractivity (Wildman–Crippen MR) is 50.5 cm³/mol. The highest BCUT2D eigenvalue weighted by atomic mass is 16.1. The molecule has 0 saturated heterocycles. The van der Waals surface area contributed by atoms with Gasteiger partial charge in [-0.05, 0) is 20.8 Å². The normalized spacial score (nSPS) is 10.5. The average Bonchev–Trinajstić information content (AvgIpc) is 2.50. The topological polar surface area (TPSA) is 46.9 Å². The standard InChI is InChI=1S/C9H15N3O/c1-4-12-6-8(5-10-12)9(13)11-7(2)3/h5-7H,4H2,1-3H3,(H,11,13). The van der Waals surface area contributed by atoms with Crippen molar-refractivity contribution in [1.82, 2.24) is 15.1 Å². The van der Waals surface area contributed by atoms with E-state index in [1.54, 1.807) is 17.1 Å². The van der Waals surface area contributed by atoms with Crippen LogP contribution >= 0.6 is 0 Å². The molecule has 4 nitrogen and oxygen atoms in total. The van der Waals surface area contributed by atoms with Crippen LogP contribution in [0.25, 0.3) is 0 Å². The molecular formula is C9H15N3O. The summed E-state index contributed by atoms with van der Waals surface area (Å²) in [6.45, 7) is 6.64. The van der Waals surface area contributed by atoms with Crippen LogP contribution < -0.4 is 5.32 Å². The molecule has 1 rings (SSSR count). The number of aryl methyl sites for hydroxylation is 1. The fourth-order valence-electron chi connectivity index (χ4n) is 0.999. The summed E-state index contributed by atoms with van der Waals surface area (Å²) < 4.78 is 1.73. The molecule has 4 heteroatoms. The molecule has 0 spiro atoms. The summed E-state index contributed by atoms with van der Waals surface area (Å²) in [7, 11) is 0. The molecule has 1 heterocycles. The fourth-order valence-corrected chi connectivity index (χ4v) is 0.999. The predicted octanol–water partition coefficient (Wildman–Crippen LogP) is 1.04. The van der Waals surface area contributed by atoms with Gasteiger partial charge in [-0.3, -0.25) is 9.48 Å². The van der Waals surface area contributed by atoms with Crippen molar-refractivity contribution in [3.63, 3.8) is 0 Å². The van der Waals surface area contributed by atoms with Crippen molar-refractivity contribution < 1.29 is 4.79 Å². The van der Waals surface area contributed by atoms with Gasteiger partial charge >= 0.3 is 0 Å². The van der Waals surface area contributed by atoms with Gasteiger partial charge in [-0.15, -0.1) is 0 Å². The minimum Gasteiger partial charge on any atom is -0.350 e. The van der Waals surface area contributed by atoms with Gasteiger partial charge in [0, 0.05) is 18.8 Å². The first-order valence-electron chi connectivity index (χ1n) is 4.46. The highest BCUT2D eigenvalue weighted by molar-refractivity contribution is 5.93. The Morgan fingerprint density at radius 2 is 2.38 bits per heavy atom. The van der Waals surface area contributed by atoms with E-state index in [0.717, 1.165) is 6.54 Å². The smallest absolute Gasteiger partial charge is 0.254 e. The first-order valence-corrected chi connectivity index (χ1v) is 4.46. The molecule has 13 heavy (non-hydrogen) atoms. The van der Waals surface area contributed by atoms with Crippen molar-refractivity contribution in [2.75, 3.05) is 0 Å². The Labute approximate surface area is 77.9 Å². The fraction of sp³-hybridized carbons (Fsp3) is 0.556. The van der Waals surface area contributed by atoms with Crippen LogP contribution in [-0.2, 0) is 6.54 Å². The Morgan fingerprint density at radius 3 is 2.85 bits per heavy atom. The number of nitrogens with zero attached hydrogens (tertiary/aromatic N) is 2. The van der Waals surface area contributed by atoms with E-state index in [-0.39, 0.29) is 11.9 Å². The van der Waals surface area contributed by atoms with Crippen molar-refractivity contribution in [2.45, 2.75) is 33.4 Å². The third-order valence-corrected chi connectivity index (χ3v) is 1.64. The van der Waals surface area contributed by atoms with Crippen molar-refractivity contribution in [3.05, 3.63) is 18.0 Å². The molecule has 1 amide bonds. The number of hydrogen-bond donors (Lipinski definition) is 1. The zero-order valence-corrected chi connectivity index (χ0v) is 8.24. The first-order chi connectivity index (χ1) is 6.13. The molecule has 0 aromatic carbocycles. The maximum absolute atomic E-state index is 11.4. The third kappa shape index (κ3) is 2.57. The van der Waals surface area contributed by atoms with Crippen LogP contribution in [0.5, 0.6) is 0 Å². The van der Waals surface area contributed by atoms with E-state index in [1.165, 1.54) is 0 Å². The van der Waals surface area contributed by atoms with Crippen molar-refractivity contribution in [1.29, 1.82) is 0 Å². The molecule has 0 unspecified atom stereocenters. The summed E-state index contributed by atoms with van der Waals surface area (Å²) in [5.41, 5.74) is 0.621. The van der Waals surface area contributed by atoms with Crippen LogP contribution in [0.3, 0.4) is 0 Å². The molecule has 0 fully saturated rings. The molecule has 0 aliphatic carbocycles. The summed E-state index contributed by atoms with van der Waals surface area (Å²) in [5, 5.41) is 6.82. The van der Waals surface area contributed by atoms with Crippen LogP contribution in [0.2, 0.25) is 0 Å².